The Hall–Kier alpha value is -0.760. The summed E-state index contributed by atoms with van der Waals surface area (Å²) < 4.78 is 11.2. The predicted octanol–water partition coefficient (Wildman–Crippen LogP) is 3.49. The number of hydrogen-bond donors (Lipinski definition) is 2. The second-order valence-electron chi connectivity index (χ2n) is 6.36. The van der Waals surface area contributed by atoms with E-state index >= 15 is 0 Å². The molecule has 0 spiro atoms. The molecule has 0 aliphatic heterocycles. The third-order valence-electron chi connectivity index (χ3n) is 3.47. The molecule has 128 valence electrons. The molecule has 1 heterocycles. The summed E-state index contributed by atoms with van der Waals surface area (Å²) >= 11 is 0. The van der Waals surface area contributed by atoms with Gasteiger partial charge in [-0.1, -0.05) is 20.8 Å². The third-order valence-corrected chi connectivity index (χ3v) is 3.47. The quantitative estimate of drug-likeness (QED) is 0.433. The third kappa shape index (κ3) is 6.56. The SMILES string of the molecule is CN=C(NCC(OC)C(C)(C)C)NC(C)c1ccc(C)o1.I. The molecule has 0 radical (unpaired) electrons. The molecule has 2 unspecified atom stereocenters. The van der Waals surface area contributed by atoms with E-state index in [0.29, 0.717) is 6.54 Å². The first-order chi connectivity index (χ1) is 9.77. The monoisotopic (exact) mass is 423 g/mol. The van der Waals surface area contributed by atoms with Crippen LogP contribution in [0.2, 0.25) is 0 Å². The molecule has 0 fully saturated rings. The highest BCUT2D eigenvalue weighted by Gasteiger charge is 2.24. The van der Waals surface area contributed by atoms with Crippen molar-refractivity contribution in [2.24, 2.45) is 10.4 Å². The summed E-state index contributed by atoms with van der Waals surface area (Å²) in [6.07, 6.45) is 0.109. The van der Waals surface area contributed by atoms with Gasteiger partial charge < -0.3 is 19.8 Å². The van der Waals surface area contributed by atoms with Crippen LogP contribution >= 0.6 is 24.0 Å². The molecule has 0 aliphatic carbocycles. The summed E-state index contributed by atoms with van der Waals surface area (Å²) in [6, 6.07) is 4.00. The number of furan rings is 1. The number of ether oxygens (including phenoxy) is 1. The van der Waals surface area contributed by atoms with Crippen molar-refractivity contribution >= 4 is 29.9 Å². The lowest BCUT2D eigenvalue weighted by Crippen LogP contribution is -2.45. The van der Waals surface area contributed by atoms with Gasteiger partial charge in [0.25, 0.3) is 0 Å². The summed E-state index contributed by atoms with van der Waals surface area (Å²) in [6.45, 7) is 11.2. The molecule has 2 N–H and O–H groups in total. The zero-order valence-electron chi connectivity index (χ0n) is 14.7. The van der Waals surface area contributed by atoms with E-state index in [1.807, 2.05) is 26.0 Å². The predicted molar refractivity (Wildman–Crippen MR) is 102 cm³/mol. The van der Waals surface area contributed by atoms with Crippen molar-refractivity contribution in [2.45, 2.75) is 46.8 Å². The highest BCUT2D eigenvalue weighted by Crippen LogP contribution is 2.21. The van der Waals surface area contributed by atoms with E-state index in [1.54, 1.807) is 14.2 Å². The Morgan fingerprint density at radius 1 is 1.36 bits per heavy atom. The van der Waals surface area contributed by atoms with E-state index in [0.717, 1.165) is 17.5 Å². The summed E-state index contributed by atoms with van der Waals surface area (Å²) in [7, 11) is 3.50. The Morgan fingerprint density at radius 2 is 2.00 bits per heavy atom. The van der Waals surface area contributed by atoms with Crippen LogP contribution in [-0.2, 0) is 4.74 Å². The lowest BCUT2D eigenvalue weighted by molar-refractivity contribution is 0.0205. The van der Waals surface area contributed by atoms with Crippen molar-refractivity contribution in [1.82, 2.24) is 10.6 Å². The van der Waals surface area contributed by atoms with Gasteiger partial charge >= 0.3 is 0 Å². The topological polar surface area (TPSA) is 58.8 Å². The van der Waals surface area contributed by atoms with Crippen molar-refractivity contribution in [1.29, 1.82) is 0 Å². The number of aryl methyl sites for hydroxylation is 1. The highest BCUT2D eigenvalue weighted by atomic mass is 127. The summed E-state index contributed by atoms with van der Waals surface area (Å²) in [5.41, 5.74) is 0.0738. The number of nitrogens with zero attached hydrogens (tertiary/aromatic N) is 1. The standard InChI is InChI=1S/C16H29N3O2.HI/c1-11-8-9-13(21-11)12(2)19-15(17-6)18-10-14(20-7)16(3,4)5;/h8-9,12,14H,10H2,1-7H3,(H2,17,18,19);1H. The average molecular weight is 423 g/mol. The van der Waals surface area contributed by atoms with Gasteiger partial charge in [-0.15, -0.1) is 24.0 Å². The van der Waals surface area contributed by atoms with Gasteiger partial charge in [-0.25, -0.2) is 0 Å². The Bertz CT molecular complexity index is 466. The molecular weight excluding hydrogens is 393 g/mol. The van der Waals surface area contributed by atoms with Gasteiger partial charge in [-0.05, 0) is 31.4 Å². The Labute approximate surface area is 151 Å². The molecule has 2 atom stereocenters. The van der Waals surface area contributed by atoms with Crippen molar-refractivity contribution < 1.29 is 9.15 Å². The Kier molecular flexibility index (Phi) is 9.07. The molecule has 6 heteroatoms. The second-order valence-corrected chi connectivity index (χ2v) is 6.36. The van der Waals surface area contributed by atoms with Gasteiger partial charge in [0, 0.05) is 20.7 Å². The van der Waals surface area contributed by atoms with E-state index in [1.165, 1.54) is 0 Å². The maximum absolute atomic E-state index is 5.62. The van der Waals surface area contributed by atoms with Crippen LogP contribution in [0.25, 0.3) is 0 Å². The maximum Gasteiger partial charge on any atom is 0.191 e. The van der Waals surface area contributed by atoms with Crippen molar-refractivity contribution in [2.75, 3.05) is 20.7 Å². The normalized spacial score (nSPS) is 15.0. The summed E-state index contributed by atoms with van der Waals surface area (Å²) in [4.78, 5) is 4.25. The smallest absolute Gasteiger partial charge is 0.191 e. The average Bonchev–Trinajstić information content (AvgIpc) is 2.83. The van der Waals surface area contributed by atoms with Crippen LogP contribution < -0.4 is 10.6 Å². The molecule has 5 nitrogen and oxygen atoms in total. The van der Waals surface area contributed by atoms with Crippen molar-refractivity contribution in [3.63, 3.8) is 0 Å². The minimum absolute atomic E-state index is 0. The van der Waals surface area contributed by atoms with Crippen LogP contribution in [-0.4, -0.2) is 32.8 Å². The van der Waals surface area contributed by atoms with Gasteiger partial charge in [0.05, 0.1) is 12.1 Å². The van der Waals surface area contributed by atoms with Crippen molar-refractivity contribution in [3.8, 4) is 0 Å². The molecule has 0 aromatic carbocycles. The number of aliphatic imine (C=N–C) groups is 1. The van der Waals surface area contributed by atoms with Crippen LogP contribution in [0.1, 0.15) is 45.3 Å². The molecule has 0 aliphatic rings. The summed E-state index contributed by atoms with van der Waals surface area (Å²) in [5, 5.41) is 6.62. The van der Waals surface area contributed by atoms with E-state index in [4.69, 9.17) is 9.15 Å². The van der Waals surface area contributed by atoms with Gasteiger partial charge in [0.1, 0.15) is 11.5 Å². The minimum Gasteiger partial charge on any atom is -0.464 e. The van der Waals surface area contributed by atoms with E-state index in [2.05, 4.69) is 36.4 Å². The fourth-order valence-electron chi connectivity index (χ4n) is 2.09. The largest absolute Gasteiger partial charge is 0.464 e. The van der Waals surface area contributed by atoms with Gasteiger partial charge in [-0.3, -0.25) is 4.99 Å². The first-order valence-corrected chi connectivity index (χ1v) is 7.34. The van der Waals surface area contributed by atoms with E-state index < -0.39 is 0 Å². The van der Waals surface area contributed by atoms with Gasteiger partial charge in [0.15, 0.2) is 5.96 Å². The number of guanidine groups is 1. The van der Waals surface area contributed by atoms with Crippen LogP contribution in [0.4, 0.5) is 0 Å². The van der Waals surface area contributed by atoms with Crippen LogP contribution in [0.5, 0.6) is 0 Å². The lowest BCUT2D eigenvalue weighted by atomic mass is 9.89. The fraction of sp³-hybridized carbons (Fsp3) is 0.688. The zero-order chi connectivity index (χ0) is 16.0. The second kappa shape index (κ2) is 9.39. The van der Waals surface area contributed by atoms with Gasteiger partial charge in [0.2, 0.25) is 0 Å². The molecule has 1 aromatic rings. The van der Waals surface area contributed by atoms with Crippen molar-refractivity contribution in [3.05, 3.63) is 23.7 Å². The number of hydrogen-bond acceptors (Lipinski definition) is 3. The lowest BCUT2D eigenvalue weighted by Gasteiger charge is -2.30. The molecule has 0 saturated heterocycles. The van der Waals surface area contributed by atoms with Crippen LogP contribution in [0.3, 0.4) is 0 Å². The number of rotatable bonds is 5. The Balaban J connectivity index is 0.00000441. The van der Waals surface area contributed by atoms with E-state index in [9.17, 15) is 0 Å². The zero-order valence-corrected chi connectivity index (χ0v) is 17.0. The molecule has 1 aromatic heterocycles. The maximum atomic E-state index is 5.62. The number of methoxy groups -OCH3 is 1. The van der Waals surface area contributed by atoms with Crippen LogP contribution in [0, 0.1) is 12.3 Å². The summed E-state index contributed by atoms with van der Waals surface area (Å²) in [5.74, 6) is 2.55. The molecule has 0 bridgehead atoms. The first kappa shape index (κ1) is 21.2. The molecule has 22 heavy (non-hydrogen) atoms. The highest BCUT2D eigenvalue weighted by molar-refractivity contribution is 14.0. The first-order valence-electron chi connectivity index (χ1n) is 7.34. The Morgan fingerprint density at radius 3 is 2.41 bits per heavy atom. The fourth-order valence-corrected chi connectivity index (χ4v) is 2.09. The minimum atomic E-state index is 0. The molecule has 1 rings (SSSR count). The molecular formula is C16H30IN3O2. The van der Waals surface area contributed by atoms with Crippen LogP contribution in [0.15, 0.2) is 21.5 Å². The number of halogens is 1. The van der Waals surface area contributed by atoms with Gasteiger partial charge in [-0.2, -0.15) is 0 Å². The molecule has 0 amide bonds. The number of nitrogens with one attached hydrogen (secondary N) is 2. The van der Waals surface area contributed by atoms with E-state index in [-0.39, 0.29) is 41.5 Å². The molecule has 0 saturated carbocycles.